The molecule has 0 aromatic rings. The van der Waals surface area contributed by atoms with Gasteiger partial charge in [0, 0.05) is 13.8 Å². The fourth-order valence-corrected chi connectivity index (χ4v) is 13.1. The first-order chi connectivity index (χ1) is 23.6. The first kappa shape index (κ1) is 38.7. The van der Waals surface area contributed by atoms with Crippen LogP contribution in [0.1, 0.15) is 140 Å². The van der Waals surface area contributed by atoms with Gasteiger partial charge in [0.25, 0.3) is 0 Å². The van der Waals surface area contributed by atoms with Gasteiger partial charge in [0.2, 0.25) is 6.29 Å². The van der Waals surface area contributed by atoms with Crippen LogP contribution in [0.25, 0.3) is 0 Å². The van der Waals surface area contributed by atoms with E-state index in [1.54, 1.807) is 6.92 Å². The van der Waals surface area contributed by atoms with Crippen LogP contribution in [0, 0.1) is 56.2 Å². The van der Waals surface area contributed by atoms with E-state index < -0.39 is 59.9 Å². The Morgan fingerprint density at radius 2 is 1.47 bits per heavy atom. The normalized spacial score (nSPS) is 48.4. The van der Waals surface area contributed by atoms with Crippen molar-refractivity contribution in [3.8, 4) is 0 Å². The van der Waals surface area contributed by atoms with E-state index in [-0.39, 0.29) is 39.1 Å². The Labute approximate surface area is 306 Å². The molecule has 4 saturated carbocycles. The predicted octanol–water partition coefficient (Wildman–Crippen LogP) is 7.30. The summed E-state index contributed by atoms with van der Waals surface area (Å²) >= 11 is 0. The van der Waals surface area contributed by atoms with E-state index in [0.29, 0.717) is 31.1 Å². The average Bonchev–Trinajstić information content (AvgIpc) is 3.02. The lowest BCUT2D eigenvalue weighted by atomic mass is 9.33. The van der Waals surface area contributed by atoms with Crippen molar-refractivity contribution >= 4 is 17.9 Å². The van der Waals surface area contributed by atoms with E-state index in [1.807, 2.05) is 6.92 Å². The Bertz CT molecular complexity index is 1430. The van der Waals surface area contributed by atoms with Crippen LogP contribution >= 0.6 is 0 Å². The highest BCUT2D eigenvalue weighted by Gasteiger charge is 2.71. The lowest BCUT2D eigenvalue weighted by Crippen LogP contribution is -2.68. The number of allylic oxidation sites excluding steroid dienone is 2. The van der Waals surface area contributed by atoms with Crippen molar-refractivity contribution in [3.63, 3.8) is 0 Å². The van der Waals surface area contributed by atoms with E-state index in [0.717, 1.165) is 44.9 Å². The van der Waals surface area contributed by atoms with Crippen LogP contribution < -0.4 is 0 Å². The summed E-state index contributed by atoms with van der Waals surface area (Å²) < 4.78 is 24.1. The van der Waals surface area contributed by atoms with Crippen molar-refractivity contribution in [3.05, 3.63) is 11.6 Å². The van der Waals surface area contributed by atoms with Gasteiger partial charge in [-0.2, -0.15) is 0 Å². The molecular formula is C42H66O9. The van der Waals surface area contributed by atoms with Crippen molar-refractivity contribution in [2.45, 2.75) is 177 Å². The summed E-state index contributed by atoms with van der Waals surface area (Å²) in [4.78, 5) is 39.2. The van der Waals surface area contributed by atoms with Gasteiger partial charge >= 0.3 is 17.9 Å². The minimum atomic E-state index is -1.14. The summed E-state index contributed by atoms with van der Waals surface area (Å²) in [5.41, 5.74) is -0.348. The number of hydrogen-bond donors (Lipinski definition) is 2. The average molecular weight is 715 g/mol. The maximum Gasteiger partial charge on any atom is 0.317 e. The SMILES string of the molecule is CCC1O[C@H](OC(=O)[C@]23CCC(C)(C)C[C@H]2C2=CC[C@@H]4[C@@]5(C)CC[C@H](O)C(C)(C)[C@@H]5CC[C@@]4(C)[C@]2(C)CC3O)[C@H](C)C(OC(C)=O)[C@H]1OC(C)=O. The van der Waals surface area contributed by atoms with Crippen LogP contribution in [0.4, 0.5) is 0 Å². The number of aliphatic hydroxyl groups is 2. The van der Waals surface area contributed by atoms with Crippen LogP contribution in [0.5, 0.6) is 0 Å². The van der Waals surface area contributed by atoms with E-state index in [1.165, 1.54) is 19.4 Å². The zero-order valence-electron chi connectivity index (χ0n) is 33.2. The second kappa shape index (κ2) is 12.8. The summed E-state index contributed by atoms with van der Waals surface area (Å²) in [6, 6.07) is 0. The number of esters is 3. The highest BCUT2D eigenvalue weighted by Crippen LogP contribution is 2.76. The molecule has 0 amide bonds. The van der Waals surface area contributed by atoms with Crippen molar-refractivity contribution in [1.29, 1.82) is 0 Å². The van der Waals surface area contributed by atoms with Crippen LogP contribution in [0.15, 0.2) is 11.6 Å². The van der Waals surface area contributed by atoms with Crippen LogP contribution in [0.2, 0.25) is 0 Å². The van der Waals surface area contributed by atoms with Crippen LogP contribution in [0.3, 0.4) is 0 Å². The van der Waals surface area contributed by atoms with Gasteiger partial charge in [0.05, 0.1) is 18.1 Å². The summed E-state index contributed by atoms with van der Waals surface area (Å²) in [5, 5.41) is 23.7. The van der Waals surface area contributed by atoms with Gasteiger partial charge in [-0.05, 0) is 109 Å². The summed E-state index contributed by atoms with van der Waals surface area (Å²) in [6.45, 7) is 22.7. The van der Waals surface area contributed by atoms with E-state index >= 15 is 0 Å². The standard InChI is InChI=1S/C42H66O9/c1-12-28-34(49-25(4)44)33(48-24(3)43)23(2)35(50-28)51-36(47)42-20-19-37(5,6)21-27(42)26-13-14-30-39(9)17-16-31(45)38(7,8)29(39)15-18-40(30,10)41(26,11)22-32(42)46/h13,23,27-35,45-46H,12,14-22H2,1-11H3/t23-,27+,28?,29+,30-,31+,32?,33?,34+,35-,39+,40-,41-,42-/m1/s1. The molecule has 9 nitrogen and oxygen atoms in total. The third-order valence-corrected chi connectivity index (χ3v) is 16.2. The fourth-order valence-electron chi connectivity index (χ4n) is 13.1. The molecule has 0 aromatic heterocycles. The maximum absolute atomic E-state index is 14.9. The minimum Gasteiger partial charge on any atom is -0.458 e. The molecule has 0 spiro atoms. The molecule has 1 heterocycles. The lowest BCUT2D eigenvalue weighted by Gasteiger charge is -2.71. The first-order valence-corrected chi connectivity index (χ1v) is 19.9. The smallest absolute Gasteiger partial charge is 0.317 e. The molecule has 6 rings (SSSR count). The van der Waals surface area contributed by atoms with Crippen LogP contribution in [-0.2, 0) is 33.3 Å². The molecule has 0 aromatic carbocycles. The number of ether oxygens (including phenoxy) is 4. The molecule has 2 N–H and O–H groups in total. The Morgan fingerprint density at radius 1 is 0.824 bits per heavy atom. The Balaban J connectivity index is 1.36. The molecule has 5 fully saturated rings. The van der Waals surface area contributed by atoms with Crippen molar-refractivity contribution in [1.82, 2.24) is 0 Å². The molecule has 3 unspecified atom stereocenters. The van der Waals surface area contributed by atoms with E-state index in [4.69, 9.17) is 18.9 Å². The van der Waals surface area contributed by atoms with Crippen molar-refractivity contribution in [2.75, 3.05) is 0 Å². The number of rotatable bonds is 5. The topological polar surface area (TPSA) is 129 Å². The minimum absolute atomic E-state index is 0.0300. The van der Waals surface area contributed by atoms with Crippen LogP contribution in [-0.4, -0.2) is 64.9 Å². The molecule has 51 heavy (non-hydrogen) atoms. The second-order valence-corrected chi connectivity index (χ2v) is 19.7. The number of hydrogen-bond acceptors (Lipinski definition) is 9. The van der Waals surface area contributed by atoms with E-state index in [9.17, 15) is 24.6 Å². The number of carbonyl (C=O) groups is 3. The maximum atomic E-state index is 14.9. The molecular weight excluding hydrogens is 648 g/mol. The van der Waals surface area contributed by atoms with Gasteiger partial charge in [0.1, 0.15) is 17.6 Å². The number of carbonyl (C=O) groups excluding carboxylic acids is 3. The summed E-state index contributed by atoms with van der Waals surface area (Å²) in [6.07, 6.45) is 5.65. The molecule has 6 aliphatic rings. The third-order valence-electron chi connectivity index (χ3n) is 16.2. The highest BCUT2D eigenvalue weighted by molar-refractivity contribution is 5.80. The quantitative estimate of drug-likeness (QED) is 0.171. The molecule has 14 atom stereocenters. The molecule has 1 aliphatic heterocycles. The van der Waals surface area contributed by atoms with Gasteiger partial charge in [0.15, 0.2) is 6.10 Å². The van der Waals surface area contributed by atoms with Gasteiger partial charge in [-0.15, -0.1) is 0 Å². The monoisotopic (exact) mass is 714 g/mol. The van der Waals surface area contributed by atoms with E-state index in [2.05, 4.69) is 54.5 Å². The lowest BCUT2D eigenvalue weighted by molar-refractivity contribution is -0.285. The molecule has 1 saturated heterocycles. The van der Waals surface area contributed by atoms with Gasteiger partial charge < -0.3 is 29.2 Å². The summed E-state index contributed by atoms with van der Waals surface area (Å²) in [7, 11) is 0. The molecule has 0 bridgehead atoms. The van der Waals surface area contributed by atoms with Crippen molar-refractivity contribution < 1.29 is 43.5 Å². The third kappa shape index (κ3) is 5.75. The summed E-state index contributed by atoms with van der Waals surface area (Å²) in [5.74, 6) is -1.48. The van der Waals surface area contributed by atoms with Gasteiger partial charge in [-0.25, -0.2) is 0 Å². The molecule has 0 radical (unpaired) electrons. The largest absolute Gasteiger partial charge is 0.458 e. The van der Waals surface area contributed by atoms with Gasteiger partial charge in [-0.3, -0.25) is 14.4 Å². The Morgan fingerprint density at radius 3 is 2.10 bits per heavy atom. The van der Waals surface area contributed by atoms with Gasteiger partial charge in [-0.1, -0.05) is 74.0 Å². The highest BCUT2D eigenvalue weighted by atomic mass is 16.7. The Kier molecular flexibility index (Phi) is 9.74. The number of fused-ring (bicyclic) bond motifs is 7. The second-order valence-electron chi connectivity index (χ2n) is 19.7. The number of aliphatic hydroxyl groups excluding tert-OH is 2. The predicted molar refractivity (Wildman–Crippen MR) is 192 cm³/mol. The molecule has 5 aliphatic carbocycles. The fraction of sp³-hybridized carbons (Fsp3) is 0.881. The molecule has 288 valence electrons. The Hall–Kier alpha value is -1.97. The van der Waals surface area contributed by atoms with Crippen molar-refractivity contribution in [2.24, 2.45) is 56.2 Å². The zero-order valence-corrected chi connectivity index (χ0v) is 33.2. The zero-order chi connectivity index (χ0) is 37.7. The molecule has 9 heteroatoms. The first-order valence-electron chi connectivity index (χ1n) is 19.9.